The van der Waals surface area contributed by atoms with Crippen molar-refractivity contribution in [2.75, 3.05) is 49.2 Å². The summed E-state index contributed by atoms with van der Waals surface area (Å²) in [6.45, 7) is 7.07. The third kappa shape index (κ3) is 10.2. The average Bonchev–Trinajstić information content (AvgIpc) is 2.93. The maximum Gasteiger partial charge on any atom is 0.453 e. The molecule has 2 aromatic rings. The number of aryl methyl sites for hydroxylation is 1. The number of rotatable bonds is 16. The lowest BCUT2D eigenvalue weighted by Gasteiger charge is -2.31. The maximum atomic E-state index is 12.8. The molecule has 5 N–H and O–H groups in total. The Balaban J connectivity index is 1.45. The Kier molecular flexibility index (Phi) is 13.0. The molecular formula is C26H39BBrN7O6S. The molecule has 42 heavy (non-hydrogen) atoms. The summed E-state index contributed by atoms with van der Waals surface area (Å²) in [5.41, 5.74) is 7.22. The van der Waals surface area contributed by atoms with Crippen LogP contribution in [0.5, 0.6) is 0 Å². The lowest BCUT2D eigenvalue weighted by molar-refractivity contribution is -0.121. The fourth-order valence-electron chi connectivity index (χ4n) is 4.40. The number of aromatic nitrogens is 2. The molecule has 0 bridgehead atoms. The number of nitrogens with two attached hydrogens (primary N) is 1. The maximum absolute atomic E-state index is 12.8. The third-order valence-electron chi connectivity index (χ3n) is 6.62. The minimum Gasteiger partial charge on any atom is -0.411 e. The first-order chi connectivity index (χ1) is 20.0. The largest absolute Gasteiger partial charge is 0.453 e. The van der Waals surface area contributed by atoms with Crippen LogP contribution in [0, 0.1) is 6.92 Å². The van der Waals surface area contributed by atoms with Gasteiger partial charge in [-0.3, -0.25) is 9.59 Å². The first-order valence-electron chi connectivity index (χ1n) is 13.9. The molecule has 1 aromatic carbocycles. The highest BCUT2D eigenvalue weighted by Gasteiger charge is 2.28. The molecule has 1 fully saturated rings. The fraction of sp³-hybridized carbons (Fsp3) is 0.538. The second kappa shape index (κ2) is 16.2. The molecule has 0 atom stereocenters. The first kappa shape index (κ1) is 33.7. The van der Waals surface area contributed by atoms with Gasteiger partial charge in [0.25, 0.3) is 5.91 Å². The molecule has 1 saturated heterocycles. The van der Waals surface area contributed by atoms with Gasteiger partial charge < -0.3 is 31.0 Å². The fourth-order valence-corrected chi connectivity index (χ4v) is 6.07. The molecule has 1 aromatic heterocycles. The van der Waals surface area contributed by atoms with Gasteiger partial charge in [0.2, 0.25) is 21.9 Å². The van der Waals surface area contributed by atoms with E-state index >= 15 is 0 Å². The Morgan fingerprint density at radius 1 is 1.21 bits per heavy atom. The lowest BCUT2D eigenvalue weighted by atomic mass is 9.95. The number of hydrogen-bond donors (Lipinski definition) is 4. The highest BCUT2D eigenvalue weighted by atomic mass is 79.9. The molecule has 3 rings (SSSR count). The number of carbonyl (C=O) groups excluding carboxylic acids is 2. The van der Waals surface area contributed by atoms with Crippen LogP contribution in [-0.4, -0.2) is 86.3 Å². The normalized spacial score (nSPS) is 14.4. The zero-order valence-electron chi connectivity index (χ0n) is 24.2. The van der Waals surface area contributed by atoms with Crippen LogP contribution in [0.15, 0.2) is 28.9 Å². The van der Waals surface area contributed by atoms with Crippen LogP contribution in [0.25, 0.3) is 0 Å². The molecule has 13 nitrogen and oxygen atoms in total. The van der Waals surface area contributed by atoms with Crippen LogP contribution < -0.4 is 21.7 Å². The summed E-state index contributed by atoms with van der Waals surface area (Å²) in [6.07, 6.45) is 3.73. The van der Waals surface area contributed by atoms with E-state index in [0.29, 0.717) is 60.0 Å². The smallest absolute Gasteiger partial charge is 0.411 e. The van der Waals surface area contributed by atoms with Gasteiger partial charge in [0.15, 0.2) is 0 Å². The molecule has 1 aliphatic heterocycles. The number of nitrogens with zero attached hydrogens (tertiary/aromatic N) is 3. The van der Waals surface area contributed by atoms with Crippen molar-refractivity contribution >= 4 is 62.3 Å². The van der Waals surface area contributed by atoms with Gasteiger partial charge in [-0.2, -0.15) is 4.98 Å². The van der Waals surface area contributed by atoms with Crippen molar-refractivity contribution in [3.05, 3.63) is 40.0 Å². The van der Waals surface area contributed by atoms with Crippen LogP contribution in [0.3, 0.4) is 0 Å². The number of piperidine rings is 1. The van der Waals surface area contributed by atoms with Crippen LogP contribution in [0.2, 0.25) is 6.82 Å². The zero-order chi connectivity index (χ0) is 30.7. The van der Waals surface area contributed by atoms with E-state index in [1.54, 1.807) is 32.1 Å². The SMILES string of the molecule is CCCOB(C)OCCC(=O)NCCS(=O)(=O)N1CCC(Nc2ncc(Br)c(Nc3cccc(C)c3C(N)=O)n2)CC1. The summed E-state index contributed by atoms with van der Waals surface area (Å²) in [7, 11) is -3.92. The Bertz CT molecular complexity index is 1330. The van der Waals surface area contributed by atoms with E-state index in [4.69, 9.17) is 15.0 Å². The number of sulfonamides is 1. The van der Waals surface area contributed by atoms with Crippen LogP contribution in [0.1, 0.15) is 48.5 Å². The molecule has 0 aliphatic carbocycles. The van der Waals surface area contributed by atoms with E-state index in [9.17, 15) is 18.0 Å². The van der Waals surface area contributed by atoms with Crippen molar-refractivity contribution in [1.82, 2.24) is 19.6 Å². The van der Waals surface area contributed by atoms with Crippen molar-refractivity contribution in [2.24, 2.45) is 5.73 Å². The van der Waals surface area contributed by atoms with Gasteiger partial charge in [-0.05, 0) is 60.6 Å². The summed E-state index contributed by atoms with van der Waals surface area (Å²) in [6, 6.07) is 5.33. The quantitative estimate of drug-likeness (QED) is 0.195. The molecule has 2 amide bonds. The predicted octanol–water partition coefficient (Wildman–Crippen LogP) is 2.66. The molecule has 230 valence electrons. The van der Waals surface area contributed by atoms with Gasteiger partial charge in [-0.15, -0.1) is 0 Å². The summed E-state index contributed by atoms with van der Waals surface area (Å²) >= 11 is 3.44. The number of amides is 2. The molecule has 1 aliphatic rings. The van der Waals surface area contributed by atoms with Crippen molar-refractivity contribution in [1.29, 1.82) is 0 Å². The predicted molar refractivity (Wildman–Crippen MR) is 166 cm³/mol. The molecule has 0 unspecified atom stereocenters. The molecule has 0 spiro atoms. The van der Waals surface area contributed by atoms with Gasteiger partial charge in [0.05, 0.1) is 21.5 Å². The van der Waals surface area contributed by atoms with Crippen molar-refractivity contribution < 1.29 is 27.3 Å². The Morgan fingerprint density at radius 2 is 1.93 bits per heavy atom. The van der Waals surface area contributed by atoms with Crippen molar-refractivity contribution in [3.8, 4) is 0 Å². The number of benzene rings is 1. The molecule has 2 heterocycles. The van der Waals surface area contributed by atoms with Gasteiger partial charge in [-0.25, -0.2) is 17.7 Å². The second-order valence-electron chi connectivity index (χ2n) is 9.92. The molecule has 16 heteroatoms. The lowest BCUT2D eigenvalue weighted by Crippen LogP contribution is -2.45. The molecule has 0 radical (unpaired) electrons. The Labute approximate surface area is 256 Å². The van der Waals surface area contributed by atoms with E-state index < -0.39 is 15.9 Å². The Hall–Kier alpha value is -2.79. The van der Waals surface area contributed by atoms with E-state index in [1.807, 2.05) is 13.0 Å². The number of hydrogen-bond acceptors (Lipinski definition) is 10. The summed E-state index contributed by atoms with van der Waals surface area (Å²) in [5, 5.41) is 9.07. The molecular weight excluding hydrogens is 629 g/mol. The summed E-state index contributed by atoms with van der Waals surface area (Å²) in [4.78, 5) is 32.9. The molecule has 0 saturated carbocycles. The van der Waals surface area contributed by atoms with Crippen molar-refractivity contribution in [2.45, 2.75) is 52.4 Å². The topological polar surface area (TPSA) is 178 Å². The van der Waals surface area contributed by atoms with Crippen LogP contribution >= 0.6 is 15.9 Å². The highest BCUT2D eigenvalue weighted by molar-refractivity contribution is 9.10. The number of carbonyl (C=O) groups is 2. The second-order valence-corrected chi connectivity index (χ2v) is 12.9. The van der Waals surface area contributed by atoms with Crippen LogP contribution in [0.4, 0.5) is 17.5 Å². The standard InChI is InChI=1S/C26H39BBrN7O6S/c1-4-14-40-27(3)41-15-10-22(36)30-11-16-42(38,39)35-12-8-19(9-13-35)32-26-31-17-20(28)25(34-26)33-21-7-5-6-18(2)23(21)24(29)37/h5-7,17,19H,4,8-16H2,1-3H3,(H2,29,37)(H,30,36)(H2,31,32,33,34). The number of halogens is 1. The first-order valence-corrected chi connectivity index (χ1v) is 16.3. The summed E-state index contributed by atoms with van der Waals surface area (Å²) < 4.78 is 38.5. The van der Waals surface area contributed by atoms with Gasteiger partial charge in [0, 0.05) is 51.5 Å². The van der Waals surface area contributed by atoms with Gasteiger partial charge in [-0.1, -0.05) is 19.1 Å². The zero-order valence-corrected chi connectivity index (χ0v) is 26.6. The van der Waals surface area contributed by atoms with E-state index in [2.05, 4.69) is 41.8 Å². The summed E-state index contributed by atoms with van der Waals surface area (Å²) in [5.74, 6) is -0.171. The average molecular weight is 668 g/mol. The van der Waals surface area contributed by atoms with Gasteiger partial charge >= 0.3 is 7.12 Å². The van der Waals surface area contributed by atoms with Crippen molar-refractivity contribution in [3.63, 3.8) is 0 Å². The number of nitrogens with one attached hydrogen (secondary N) is 3. The Morgan fingerprint density at radius 3 is 2.62 bits per heavy atom. The minimum atomic E-state index is -3.53. The van der Waals surface area contributed by atoms with E-state index in [0.717, 1.165) is 12.0 Å². The van der Waals surface area contributed by atoms with Crippen LogP contribution in [-0.2, 0) is 24.1 Å². The number of primary amides is 1. The minimum absolute atomic E-state index is 0.0299. The number of anilines is 3. The van der Waals surface area contributed by atoms with Gasteiger partial charge in [0.1, 0.15) is 5.82 Å². The highest BCUT2D eigenvalue weighted by Crippen LogP contribution is 2.28. The van der Waals surface area contributed by atoms with E-state index in [-0.39, 0.29) is 44.4 Å². The third-order valence-corrected chi connectivity index (χ3v) is 9.07. The van der Waals surface area contributed by atoms with E-state index in [1.165, 1.54) is 4.31 Å². The monoisotopic (exact) mass is 667 g/mol.